The Hall–Kier alpha value is -3.42. The molecule has 3 heterocycles. The van der Waals surface area contributed by atoms with Crippen LogP contribution in [0, 0.1) is 0 Å². The van der Waals surface area contributed by atoms with Crippen molar-refractivity contribution < 1.29 is 14.7 Å². The number of fused-ring (bicyclic) bond motifs is 1. The maximum Gasteiger partial charge on any atom is 0.326 e. The number of aromatic nitrogens is 4. The first-order valence-electron chi connectivity index (χ1n) is 8.23. The molecule has 0 bridgehead atoms. The Morgan fingerprint density at radius 1 is 1.27 bits per heavy atom. The number of carboxylic acids is 1. The summed E-state index contributed by atoms with van der Waals surface area (Å²) in [6, 6.07) is 8.85. The number of hydrogen-bond acceptors (Lipinski definition) is 4. The van der Waals surface area contributed by atoms with Crippen molar-refractivity contribution in [3.63, 3.8) is 0 Å². The molecule has 2 N–H and O–H groups in total. The van der Waals surface area contributed by atoms with Gasteiger partial charge in [-0.3, -0.25) is 9.48 Å². The summed E-state index contributed by atoms with van der Waals surface area (Å²) in [4.78, 5) is 33.0. The molecule has 0 saturated heterocycles. The quantitative estimate of drug-likeness (QED) is 0.737. The van der Waals surface area contributed by atoms with Gasteiger partial charge in [0, 0.05) is 12.6 Å². The van der Waals surface area contributed by atoms with E-state index in [0.717, 1.165) is 11.3 Å². The zero-order chi connectivity index (χ0) is 18.1. The average Bonchev–Trinajstić information content (AvgIpc) is 3.29. The number of H-pyrrole nitrogens is 1. The van der Waals surface area contributed by atoms with Gasteiger partial charge in [-0.2, -0.15) is 5.10 Å². The highest BCUT2D eigenvalue weighted by Gasteiger charge is 2.36. The number of carbonyl (C=O) groups excluding carboxylic acids is 1. The van der Waals surface area contributed by atoms with E-state index in [0.29, 0.717) is 17.8 Å². The van der Waals surface area contributed by atoms with E-state index in [1.165, 1.54) is 17.4 Å². The van der Waals surface area contributed by atoms with Gasteiger partial charge in [0.25, 0.3) is 5.91 Å². The van der Waals surface area contributed by atoms with E-state index in [1.807, 2.05) is 30.3 Å². The van der Waals surface area contributed by atoms with Crippen molar-refractivity contribution in [1.29, 1.82) is 0 Å². The van der Waals surface area contributed by atoms with E-state index < -0.39 is 12.0 Å². The van der Waals surface area contributed by atoms with E-state index in [4.69, 9.17) is 0 Å². The molecule has 2 aromatic heterocycles. The summed E-state index contributed by atoms with van der Waals surface area (Å²) in [5, 5.41) is 13.7. The molecule has 0 radical (unpaired) electrons. The van der Waals surface area contributed by atoms with Crippen molar-refractivity contribution in [2.75, 3.05) is 0 Å². The molecule has 0 saturated carbocycles. The lowest BCUT2D eigenvalue weighted by molar-refractivity contribution is -0.142. The monoisotopic (exact) mass is 351 g/mol. The third-order valence-electron chi connectivity index (χ3n) is 4.51. The van der Waals surface area contributed by atoms with Gasteiger partial charge in [0.1, 0.15) is 6.04 Å². The fourth-order valence-electron chi connectivity index (χ4n) is 3.17. The maximum absolute atomic E-state index is 12.9. The zero-order valence-corrected chi connectivity index (χ0v) is 13.9. The second-order valence-electron chi connectivity index (χ2n) is 6.23. The molecule has 0 spiro atoms. The van der Waals surface area contributed by atoms with E-state index in [9.17, 15) is 14.7 Å². The van der Waals surface area contributed by atoms with Crippen LogP contribution >= 0.6 is 0 Å². The highest BCUT2D eigenvalue weighted by Crippen LogP contribution is 2.23. The van der Waals surface area contributed by atoms with Crippen LogP contribution in [0.15, 0.2) is 49.1 Å². The Morgan fingerprint density at radius 3 is 2.85 bits per heavy atom. The molecular formula is C18H17N5O3. The molecule has 1 aromatic carbocycles. The number of nitrogens with one attached hydrogen (secondary N) is 1. The first-order chi connectivity index (χ1) is 12.6. The second kappa shape index (κ2) is 6.47. The minimum atomic E-state index is -1.04. The predicted molar refractivity (Wildman–Crippen MR) is 91.4 cm³/mol. The third-order valence-corrected chi connectivity index (χ3v) is 4.51. The van der Waals surface area contributed by atoms with Gasteiger partial charge in [0.15, 0.2) is 0 Å². The molecule has 1 amide bonds. The van der Waals surface area contributed by atoms with Gasteiger partial charge in [-0.1, -0.05) is 30.3 Å². The largest absolute Gasteiger partial charge is 0.480 e. The number of carboxylic acid groups (broad SMARTS) is 1. The molecule has 26 heavy (non-hydrogen) atoms. The van der Waals surface area contributed by atoms with Crippen LogP contribution in [0.5, 0.6) is 0 Å². The summed E-state index contributed by atoms with van der Waals surface area (Å²) in [6.07, 6.45) is 4.84. The average molecular weight is 351 g/mol. The summed E-state index contributed by atoms with van der Waals surface area (Å²) in [7, 11) is 0. The summed E-state index contributed by atoms with van der Waals surface area (Å²) in [5.41, 5.74) is 2.90. The van der Waals surface area contributed by atoms with Crippen LogP contribution in [0.3, 0.4) is 0 Å². The number of carbonyl (C=O) groups is 2. The van der Waals surface area contributed by atoms with Crippen LogP contribution in [-0.4, -0.2) is 47.7 Å². The Labute approximate surface area is 149 Å². The van der Waals surface area contributed by atoms with Crippen LogP contribution < -0.4 is 0 Å². The molecule has 3 aromatic rings. The van der Waals surface area contributed by atoms with Crippen molar-refractivity contribution >= 4 is 11.9 Å². The standard InChI is InChI=1S/C18H17N5O3/c24-17(13-7-21-22(9-13)8-12-4-2-1-3-5-12)23-10-15-14(19-11-20-15)6-16(23)18(25)26/h1-5,7,9,11,16H,6,8,10H2,(H,19,20)(H,25,26). The van der Waals surface area contributed by atoms with E-state index >= 15 is 0 Å². The molecule has 8 nitrogen and oxygen atoms in total. The van der Waals surface area contributed by atoms with Gasteiger partial charge in [-0.15, -0.1) is 0 Å². The Morgan fingerprint density at radius 2 is 2.08 bits per heavy atom. The Balaban J connectivity index is 1.56. The van der Waals surface area contributed by atoms with Crippen LogP contribution in [0.2, 0.25) is 0 Å². The lowest BCUT2D eigenvalue weighted by Crippen LogP contribution is -2.48. The normalized spacial score (nSPS) is 16.3. The topological polar surface area (TPSA) is 104 Å². The van der Waals surface area contributed by atoms with Crippen molar-refractivity contribution in [2.45, 2.75) is 25.6 Å². The Kier molecular flexibility index (Phi) is 4.00. The first kappa shape index (κ1) is 16.1. The highest BCUT2D eigenvalue weighted by molar-refractivity contribution is 5.96. The van der Waals surface area contributed by atoms with Crippen LogP contribution in [0.1, 0.15) is 27.3 Å². The minimum absolute atomic E-state index is 0.189. The van der Waals surface area contributed by atoms with Gasteiger partial charge < -0.3 is 15.0 Å². The number of nitrogens with zero attached hydrogens (tertiary/aromatic N) is 4. The summed E-state index contributed by atoms with van der Waals surface area (Å²) < 4.78 is 1.67. The SMILES string of the molecule is O=C(O)C1Cc2nc[nH]c2CN1C(=O)c1cnn(Cc2ccccc2)c1. The number of hydrogen-bond donors (Lipinski definition) is 2. The number of imidazole rings is 1. The fourth-order valence-corrected chi connectivity index (χ4v) is 3.17. The smallest absolute Gasteiger partial charge is 0.326 e. The molecule has 1 unspecified atom stereocenters. The van der Waals surface area contributed by atoms with Crippen molar-refractivity contribution in [1.82, 2.24) is 24.6 Å². The maximum atomic E-state index is 12.9. The molecule has 0 aliphatic carbocycles. The molecule has 1 aliphatic rings. The summed E-state index contributed by atoms with van der Waals surface area (Å²) in [6.45, 7) is 0.732. The van der Waals surface area contributed by atoms with Gasteiger partial charge in [0.05, 0.1) is 42.6 Å². The number of amides is 1. The number of rotatable bonds is 4. The number of aliphatic carboxylic acids is 1. The van der Waals surface area contributed by atoms with Crippen molar-refractivity contribution in [3.05, 3.63) is 71.6 Å². The van der Waals surface area contributed by atoms with Crippen LogP contribution in [-0.2, 0) is 24.3 Å². The molecule has 1 aliphatic heterocycles. The molecule has 132 valence electrons. The first-order valence-corrected chi connectivity index (χ1v) is 8.23. The van der Waals surface area contributed by atoms with Gasteiger partial charge >= 0.3 is 5.97 Å². The van der Waals surface area contributed by atoms with E-state index in [-0.39, 0.29) is 18.9 Å². The molecular weight excluding hydrogens is 334 g/mol. The van der Waals surface area contributed by atoms with Crippen molar-refractivity contribution in [2.24, 2.45) is 0 Å². The zero-order valence-electron chi connectivity index (χ0n) is 13.9. The van der Waals surface area contributed by atoms with Gasteiger partial charge in [-0.25, -0.2) is 9.78 Å². The Bertz CT molecular complexity index is 947. The predicted octanol–water partition coefficient (Wildman–Crippen LogP) is 1.31. The molecule has 8 heteroatoms. The van der Waals surface area contributed by atoms with Crippen LogP contribution in [0.25, 0.3) is 0 Å². The third kappa shape index (κ3) is 2.97. The second-order valence-corrected chi connectivity index (χ2v) is 6.23. The lowest BCUT2D eigenvalue weighted by Gasteiger charge is -2.32. The minimum Gasteiger partial charge on any atom is -0.480 e. The highest BCUT2D eigenvalue weighted by atomic mass is 16.4. The summed E-state index contributed by atoms with van der Waals surface area (Å²) >= 11 is 0. The molecule has 1 atom stereocenters. The number of aromatic amines is 1. The van der Waals surface area contributed by atoms with Gasteiger partial charge in [0.2, 0.25) is 0 Å². The van der Waals surface area contributed by atoms with E-state index in [1.54, 1.807) is 10.9 Å². The van der Waals surface area contributed by atoms with E-state index in [2.05, 4.69) is 15.1 Å². The van der Waals surface area contributed by atoms with Crippen molar-refractivity contribution in [3.8, 4) is 0 Å². The van der Waals surface area contributed by atoms with Gasteiger partial charge in [-0.05, 0) is 5.56 Å². The lowest BCUT2D eigenvalue weighted by atomic mass is 10.0. The molecule has 4 rings (SSSR count). The number of benzene rings is 1. The summed E-state index contributed by atoms with van der Waals surface area (Å²) in [5.74, 6) is -1.39. The van der Waals surface area contributed by atoms with Crippen LogP contribution in [0.4, 0.5) is 0 Å². The fraction of sp³-hybridized carbons (Fsp3) is 0.222. The molecule has 0 fully saturated rings.